The van der Waals surface area contributed by atoms with Crippen molar-refractivity contribution in [2.75, 3.05) is 0 Å². The van der Waals surface area contributed by atoms with E-state index in [0.29, 0.717) is 22.0 Å². The van der Waals surface area contributed by atoms with Gasteiger partial charge in [0.25, 0.3) is 5.91 Å². The van der Waals surface area contributed by atoms with Crippen LogP contribution in [0.2, 0.25) is 0 Å². The number of H-pyrrole nitrogens is 1. The molecular weight excluding hydrogens is 396 g/mol. The summed E-state index contributed by atoms with van der Waals surface area (Å²) >= 11 is 9.92. The molecule has 2 aromatic heterocycles. The minimum atomic E-state index is -0.118. The van der Waals surface area contributed by atoms with Crippen LogP contribution >= 0.6 is 39.5 Å². The summed E-state index contributed by atoms with van der Waals surface area (Å²) in [7, 11) is 1.81. The lowest BCUT2D eigenvalue weighted by molar-refractivity contribution is 0.0953. The molecule has 118 valence electrons. The van der Waals surface area contributed by atoms with Crippen molar-refractivity contribution in [2.24, 2.45) is 7.05 Å². The first-order valence-electron chi connectivity index (χ1n) is 6.79. The third-order valence-corrected chi connectivity index (χ3v) is 5.36. The van der Waals surface area contributed by atoms with Gasteiger partial charge in [-0.1, -0.05) is 28.1 Å². The van der Waals surface area contributed by atoms with Gasteiger partial charge in [0.05, 0.1) is 11.4 Å². The molecule has 0 saturated carbocycles. The lowest BCUT2D eigenvalue weighted by atomic mass is 10.2. The van der Waals surface area contributed by atoms with Crippen molar-refractivity contribution in [3.05, 3.63) is 56.3 Å². The Morgan fingerprint density at radius 3 is 2.74 bits per heavy atom. The van der Waals surface area contributed by atoms with Crippen LogP contribution in [0, 0.1) is 4.77 Å². The number of hydrogen-bond acceptors (Lipinski definition) is 4. The molecule has 8 heteroatoms. The SMILES string of the molecule is Cn1c(CNC(=O)c2ccc(-c3ccc(Br)cc3)s2)n[nH]c1=S. The second-order valence-corrected chi connectivity index (χ2v) is 7.24. The fourth-order valence-electron chi connectivity index (χ4n) is 2.01. The highest BCUT2D eigenvalue weighted by molar-refractivity contribution is 9.10. The molecule has 0 atom stereocenters. The van der Waals surface area contributed by atoms with Crippen LogP contribution in [0.3, 0.4) is 0 Å². The highest BCUT2D eigenvalue weighted by Crippen LogP contribution is 2.29. The van der Waals surface area contributed by atoms with Crippen LogP contribution in [0.4, 0.5) is 0 Å². The van der Waals surface area contributed by atoms with Crippen LogP contribution in [0.1, 0.15) is 15.5 Å². The number of aromatic amines is 1. The quantitative estimate of drug-likeness (QED) is 0.643. The lowest BCUT2D eigenvalue weighted by Gasteiger charge is -2.02. The van der Waals surface area contributed by atoms with Gasteiger partial charge in [-0.15, -0.1) is 11.3 Å². The summed E-state index contributed by atoms with van der Waals surface area (Å²) in [5.74, 6) is 0.570. The maximum absolute atomic E-state index is 12.3. The Morgan fingerprint density at radius 1 is 1.35 bits per heavy atom. The monoisotopic (exact) mass is 408 g/mol. The summed E-state index contributed by atoms with van der Waals surface area (Å²) < 4.78 is 3.30. The molecule has 3 rings (SSSR count). The van der Waals surface area contributed by atoms with Gasteiger partial charge < -0.3 is 9.88 Å². The summed E-state index contributed by atoms with van der Waals surface area (Å²) in [6.45, 7) is 0.327. The first-order chi connectivity index (χ1) is 11.0. The first kappa shape index (κ1) is 16.1. The molecule has 0 saturated heterocycles. The molecule has 0 radical (unpaired) electrons. The zero-order valence-electron chi connectivity index (χ0n) is 12.2. The average molecular weight is 409 g/mol. The van der Waals surface area contributed by atoms with Crippen LogP contribution in [0.15, 0.2) is 40.9 Å². The van der Waals surface area contributed by atoms with E-state index in [1.807, 2.05) is 43.4 Å². The predicted octanol–water partition coefficient (Wildman–Crippen LogP) is 3.90. The first-order valence-corrected chi connectivity index (χ1v) is 8.80. The van der Waals surface area contributed by atoms with Crippen LogP contribution < -0.4 is 5.32 Å². The Morgan fingerprint density at radius 2 is 2.09 bits per heavy atom. The maximum atomic E-state index is 12.3. The number of carbonyl (C=O) groups excluding carboxylic acids is 1. The molecule has 5 nitrogen and oxygen atoms in total. The molecule has 1 aromatic carbocycles. The Hall–Kier alpha value is -1.77. The van der Waals surface area contributed by atoms with Crippen molar-refractivity contribution in [3.8, 4) is 10.4 Å². The topological polar surface area (TPSA) is 62.7 Å². The van der Waals surface area contributed by atoms with Gasteiger partial charge in [-0.25, -0.2) is 0 Å². The van der Waals surface area contributed by atoms with E-state index in [4.69, 9.17) is 12.2 Å². The molecule has 3 aromatic rings. The van der Waals surface area contributed by atoms with Crippen molar-refractivity contribution >= 4 is 45.4 Å². The normalized spacial score (nSPS) is 10.7. The average Bonchev–Trinajstić information content (AvgIpc) is 3.15. The fraction of sp³-hybridized carbons (Fsp3) is 0.133. The van der Waals surface area contributed by atoms with Gasteiger partial charge in [-0.2, -0.15) is 5.10 Å². The Balaban J connectivity index is 1.70. The summed E-state index contributed by atoms with van der Waals surface area (Å²) in [4.78, 5) is 14.0. The minimum Gasteiger partial charge on any atom is -0.344 e. The molecule has 0 aliphatic carbocycles. The Bertz CT molecular complexity index is 895. The Kier molecular flexibility index (Phi) is 4.74. The standard InChI is InChI=1S/C15H13BrN4OS2/c1-20-13(18-19-15(20)22)8-17-14(21)12-7-6-11(23-12)9-2-4-10(16)5-3-9/h2-7H,8H2,1H3,(H,17,21)(H,19,22). The third-order valence-electron chi connectivity index (χ3n) is 3.34. The summed E-state index contributed by atoms with van der Waals surface area (Å²) in [6, 6.07) is 11.8. The molecule has 0 bridgehead atoms. The number of benzene rings is 1. The predicted molar refractivity (Wildman–Crippen MR) is 97.0 cm³/mol. The zero-order valence-corrected chi connectivity index (χ0v) is 15.4. The fourth-order valence-corrected chi connectivity index (χ4v) is 3.36. The highest BCUT2D eigenvalue weighted by atomic mass is 79.9. The molecule has 0 aliphatic heterocycles. The second kappa shape index (κ2) is 6.77. The summed E-state index contributed by atoms with van der Waals surface area (Å²) in [5, 5.41) is 9.62. The number of carbonyl (C=O) groups is 1. The van der Waals surface area contributed by atoms with E-state index in [9.17, 15) is 4.79 Å². The van der Waals surface area contributed by atoms with E-state index >= 15 is 0 Å². The molecule has 2 N–H and O–H groups in total. The van der Waals surface area contributed by atoms with Gasteiger partial charge in [0, 0.05) is 16.4 Å². The van der Waals surface area contributed by atoms with Crippen LogP contribution in [-0.4, -0.2) is 20.7 Å². The van der Waals surface area contributed by atoms with Crippen molar-refractivity contribution in [2.45, 2.75) is 6.54 Å². The number of amides is 1. The Labute approximate surface area is 150 Å². The molecule has 0 aliphatic rings. The van der Waals surface area contributed by atoms with Crippen molar-refractivity contribution in [3.63, 3.8) is 0 Å². The number of nitrogens with zero attached hydrogens (tertiary/aromatic N) is 2. The third kappa shape index (κ3) is 3.60. The van der Waals surface area contributed by atoms with Crippen LogP contribution in [-0.2, 0) is 13.6 Å². The van der Waals surface area contributed by atoms with Gasteiger partial charge in [0.2, 0.25) is 0 Å². The number of rotatable bonds is 4. The smallest absolute Gasteiger partial charge is 0.261 e. The van der Waals surface area contributed by atoms with Gasteiger partial charge >= 0.3 is 0 Å². The molecule has 23 heavy (non-hydrogen) atoms. The number of hydrogen-bond donors (Lipinski definition) is 2. The van der Waals surface area contributed by atoms with Crippen molar-refractivity contribution < 1.29 is 4.79 Å². The molecule has 2 heterocycles. The van der Waals surface area contributed by atoms with Gasteiger partial charge in [0.1, 0.15) is 0 Å². The van der Waals surface area contributed by atoms with Crippen LogP contribution in [0.25, 0.3) is 10.4 Å². The zero-order chi connectivity index (χ0) is 16.4. The molecule has 0 fully saturated rings. The van der Waals surface area contributed by atoms with Crippen molar-refractivity contribution in [1.29, 1.82) is 0 Å². The van der Waals surface area contributed by atoms with E-state index in [-0.39, 0.29) is 5.91 Å². The molecular formula is C15H13BrN4OS2. The van der Waals surface area contributed by atoms with Gasteiger partial charge in [-0.3, -0.25) is 9.89 Å². The highest BCUT2D eigenvalue weighted by Gasteiger charge is 2.11. The number of thiophene rings is 1. The molecule has 0 spiro atoms. The summed E-state index contributed by atoms with van der Waals surface area (Å²) in [5.41, 5.74) is 1.09. The van der Waals surface area contributed by atoms with E-state index < -0.39 is 0 Å². The summed E-state index contributed by atoms with van der Waals surface area (Å²) in [6.07, 6.45) is 0. The number of nitrogens with one attached hydrogen (secondary N) is 2. The lowest BCUT2D eigenvalue weighted by Crippen LogP contribution is -2.23. The second-order valence-electron chi connectivity index (χ2n) is 4.86. The van der Waals surface area contributed by atoms with Crippen molar-refractivity contribution in [1.82, 2.24) is 20.1 Å². The minimum absolute atomic E-state index is 0.118. The largest absolute Gasteiger partial charge is 0.344 e. The van der Waals surface area contributed by atoms with Gasteiger partial charge in [0.15, 0.2) is 10.6 Å². The molecule has 0 unspecified atom stereocenters. The molecule has 1 amide bonds. The van der Waals surface area contributed by atoms with E-state index in [0.717, 1.165) is 14.9 Å². The number of halogens is 1. The maximum Gasteiger partial charge on any atom is 0.261 e. The van der Waals surface area contributed by atoms with E-state index in [2.05, 4.69) is 31.4 Å². The van der Waals surface area contributed by atoms with E-state index in [1.165, 1.54) is 11.3 Å². The number of aromatic nitrogens is 3. The van der Waals surface area contributed by atoms with Crippen LogP contribution in [0.5, 0.6) is 0 Å². The van der Waals surface area contributed by atoms with Gasteiger partial charge in [-0.05, 0) is 42.0 Å². The van der Waals surface area contributed by atoms with E-state index in [1.54, 1.807) is 4.57 Å².